The average Bonchev–Trinajstić information content (AvgIpc) is 3.15. The molecule has 2 aromatic carbocycles. The van der Waals surface area contributed by atoms with Gasteiger partial charge in [0.05, 0.1) is 19.4 Å². The normalized spacial score (nSPS) is 15.7. The van der Waals surface area contributed by atoms with Crippen LogP contribution < -0.4 is 9.47 Å². The van der Waals surface area contributed by atoms with Crippen molar-refractivity contribution in [3.8, 4) is 17.2 Å². The Bertz CT molecular complexity index is 967. The quantitative estimate of drug-likeness (QED) is 0.596. The maximum Gasteiger partial charge on any atom is 0.170 e. The summed E-state index contributed by atoms with van der Waals surface area (Å²) in [6, 6.07) is 9.46. The number of fused-ring (bicyclic) bond motifs is 1. The number of nitrogens with zero attached hydrogens (tertiary/aromatic N) is 2. The van der Waals surface area contributed by atoms with E-state index < -0.39 is 0 Å². The number of benzene rings is 2. The Morgan fingerprint density at radius 1 is 1.17 bits per heavy atom. The Labute approximate surface area is 168 Å². The van der Waals surface area contributed by atoms with Crippen LogP contribution in [0.3, 0.4) is 0 Å². The molecule has 0 saturated carbocycles. The molecule has 7 heteroatoms. The minimum absolute atomic E-state index is 0.155. The molecule has 1 N–H and O–H groups in total. The third kappa shape index (κ3) is 4.45. The molecule has 0 atom stereocenters. The van der Waals surface area contributed by atoms with Crippen LogP contribution in [-0.4, -0.2) is 48.5 Å². The Balaban J connectivity index is 1.24. The highest BCUT2D eigenvalue weighted by Gasteiger charge is 2.25. The van der Waals surface area contributed by atoms with Crippen LogP contribution in [0.25, 0.3) is 11.0 Å². The third-order valence-electron chi connectivity index (χ3n) is 5.46. The van der Waals surface area contributed by atoms with Crippen molar-refractivity contribution in [2.45, 2.75) is 25.2 Å². The van der Waals surface area contributed by atoms with Crippen LogP contribution in [0.5, 0.6) is 17.2 Å². The maximum absolute atomic E-state index is 13.3. The number of hydrogen-bond donors (Lipinski definition) is 1. The third-order valence-corrected chi connectivity index (χ3v) is 5.46. The monoisotopic (exact) mass is 400 g/mol. The molecule has 29 heavy (non-hydrogen) atoms. The van der Waals surface area contributed by atoms with Crippen molar-refractivity contribution in [2.24, 2.45) is 0 Å². The highest BCUT2D eigenvalue weighted by atomic mass is 19.1. The number of methoxy groups -OCH3 is 1. The van der Waals surface area contributed by atoms with Crippen molar-refractivity contribution >= 4 is 11.0 Å². The first-order chi connectivity index (χ1) is 14.1. The Morgan fingerprint density at radius 3 is 2.79 bits per heavy atom. The topological polar surface area (TPSA) is 68.0 Å². The summed E-state index contributed by atoms with van der Waals surface area (Å²) < 4.78 is 29.7. The van der Waals surface area contributed by atoms with Crippen molar-refractivity contribution in [3.05, 3.63) is 47.9 Å². The van der Waals surface area contributed by atoms with Crippen molar-refractivity contribution < 1.29 is 23.5 Å². The fourth-order valence-corrected chi connectivity index (χ4v) is 3.90. The second-order valence-electron chi connectivity index (χ2n) is 7.36. The van der Waals surface area contributed by atoms with E-state index in [1.165, 1.54) is 12.1 Å². The van der Waals surface area contributed by atoms with Gasteiger partial charge in [0.15, 0.2) is 17.1 Å². The number of halogens is 1. The van der Waals surface area contributed by atoms with Gasteiger partial charge < -0.3 is 24.0 Å². The second kappa shape index (κ2) is 8.69. The highest BCUT2D eigenvalue weighted by Crippen LogP contribution is 2.33. The molecule has 0 unspecified atom stereocenters. The van der Waals surface area contributed by atoms with Gasteiger partial charge in [-0.3, -0.25) is 0 Å². The zero-order valence-corrected chi connectivity index (χ0v) is 16.4. The smallest absolute Gasteiger partial charge is 0.170 e. The Morgan fingerprint density at radius 2 is 2.00 bits per heavy atom. The molecule has 154 valence electrons. The van der Waals surface area contributed by atoms with Crippen molar-refractivity contribution in [2.75, 3.05) is 33.4 Å². The molecule has 0 aliphatic carbocycles. The van der Waals surface area contributed by atoms with Crippen LogP contribution in [0, 0.1) is 5.82 Å². The molecule has 1 aliphatic rings. The molecule has 1 aromatic heterocycles. The van der Waals surface area contributed by atoms with Crippen LogP contribution in [0.2, 0.25) is 0 Å². The number of ether oxygens (including phenoxy) is 2. The molecule has 0 amide bonds. The lowest BCUT2D eigenvalue weighted by molar-refractivity contribution is 0.189. The first-order valence-corrected chi connectivity index (χ1v) is 9.91. The first-order valence-electron chi connectivity index (χ1n) is 9.91. The van der Waals surface area contributed by atoms with Crippen molar-refractivity contribution in [1.82, 2.24) is 10.1 Å². The molecule has 0 spiro atoms. The van der Waals surface area contributed by atoms with Gasteiger partial charge in [-0.1, -0.05) is 5.16 Å². The van der Waals surface area contributed by atoms with Gasteiger partial charge >= 0.3 is 0 Å². The van der Waals surface area contributed by atoms with Crippen LogP contribution in [0.15, 0.2) is 40.9 Å². The number of hydrogen-bond acceptors (Lipinski definition) is 6. The zero-order valence-electron chi connectivity index (χ0n) is 16.4. The lowest BCUT2D eigenvalue weighted by Gasteiger charge is -2.31. The lowest BCUT2D eigenvalue weighted by atomic mass is 9.91. The molecule has 0 radical (unpaired) electrons. The fourth-order valence-electron chi connectivity index (χ4n) is 3.90. The van der Waals surface area contributed by atoms with Crippen molar-refractivity contribution in [3.63, 3.8) is 0 Å². The van der Waals surface area contributed by atoms with E-state index in [2.05, 4.69) is 10.1 Å². The van der Waals surface area contributed by atoms with Crippen LogP contribution in [-0.2, 0) is 0 Å². The van der Waals surface area contributed by atoms with Gasteiger partial charge in [0.25, 0.3) is 0 Å². The maximum atomic E-state index is 13.3. The Hall–Kier alpha value is -2.80. The van der Waals surface area contributed by atoms with Crippen LogP contribution >= 0.6 is 0 Å². The molecule has 4 rings (SSSR count). The predicted molar refractivity (Wildman–Crippen MR) is 107 cm³/mol. The van der Waals surface area contributed by atoms with E-state index in [1.807, 2.05) is 0 Å². The number of phenols is 1. The fraction of sp³-hybridized carbons (Fsp3) is 0.409. The molecular formula is C22H25FN2O4. The van der Waals surface area contributed by atoms with Gasteiger partial charge in [0.1, 0.15) is 11.6 Å². The van der Waals surface area contributed by atoms with E-state index >= 15 is 0 Å². The molecule has 2 heterocycles. The number of rotatable bonds is 7. The standard InChI is InChI=1S/C22H25FN2O4/c1-27-21-14-17(26)4-6-19(21)28-12-2-9-25-10-7-15(8-11-25)22-18-5-3-16(23)13-20(18)29-24-22/h3-6,13-15,26H,2,7-12H2,1H3. The van der Waals surface area contributed by atoms with Gasteiger partial charge in [-0.25, -0.2) is 4.39 Å². The summed E-state index contributed by atoms with van der Waals surface area (Å²) in [5.41, 5.74) is 1.46. The van der Waals surface area contributed by atoms with E-state index in [1.54, 1.807) is 31.4 Å². The van der Waals surface area contributed by atoms with Crippen molar-refractivity contribution in [1.29, 1.82) is 0 Å². The minimum atomic E-state index is -0.304. The summed E-state index contributed by atoms with van der Waals surface area (Å²) in [7, 11) is 1.56. The number of piperidine rings is 1. The molecule has 3 aromatic rings. The second-order valence-corrected chi connectivity index (χ2v) is 7.36. The number of aromatic nitrogens is 1. The van der Waals surface area contributed by atoms with Gasteiger partial charge in [0.2, 0.25) is 0 Å². The van der Waals surface area contributed by atoms with E-state index in [0.717, 1.165) is 50.0 Å². The SMILES string of the molecule is COc1cc(O)ccc1OCCCN1CCC(c2noc3cc(F)ccc23)CC1. The molecular weight excluding hydrogens is 375 g/mol. The van der Waals surface area contributed by atoms with E-state index in [0.29, 0.717) is 29.6 Å². The predicted octanol–water partition coefficient (Wildman–Crippen LogP) is 4.33. The van der Waals surface area contributed by atoms with Gasteiger partial charge in [-0.05, 0) is 56.6 Å². The number of likely N-dealkylation sites (tertiary alicyclic amines) is 1. The van der Waals surface area contributed by atoms with E-state index in [4.69, 9.17) is 14.0 Å². The molecule has 1 aliphatic heterocycles. The van der Waals surface area contributed by atoms with E-state index in [-0.39, 0.29) is 11.6 Å². The summed E-state index contributed by atoms with van der Waals surface area (Å²) in [5.74, 6) is 1.36. The summed E-state index contributed by atoms with van der Waals surface area (Å²) >= 11 is 0. The average molecular weight is 400 g/mol. The summed E-state index contributed by atoms with van der Waals surface area (Å²) in [4.78, 5) is 2.43. The first kappa shape index (κ1) is 19.5. The number of aromatic hydroxyl groups is 1. The van der Waals surface area contributed by atoms with Crippen LogP contribution in [0.4, 0.5) is 4.39 Å². The van der Waals surface area contributed by atoms with Gasteiger partial charge in [-0.2, -0.15) is 0 Å². The van der Waals surface area contributed by atoms with E-state index in [9.17, 15) is 9.50 Å². The minimum Gasteiger partial charge on any atom is -0.508 e. The molecule has 6 nitrogen and oxygen atoms in total. The van der Waals surface area contributed by atoms with Crippen LogP contribution in [0.1, 0.15) is 30.9 Å². The van der Waals surface area contributed by atoms with Gasteiger partial charge in [-0.15, -0.1) is 0 Å². The summed E-state index contributed by atoms with van der Waals surface area (Å²) in [6.07, 6.45) is 2.91. The zero-order chi connectivity index (χ0) is 20.2. The lowest BCUT2D eigenvalue weighted by Crippen LogP contribution is -2.34. The number of phenolic OH excluding ortho intramolecular Hbond substituents is 1. The Kier molecular flexibility index (Phi) is 5.85. The highest BCUT2D eigenvalue weighted by molar-refractivity contribution is 5.79. The largest absolute Gasteiger partial charge is 0.508 e. The summed E-state index contributed by atoms with van der Waals surface area (Å²) in [5, 5.41) is 14.6. The molecule has 0 bridgehead atoms. The molecule has 1 saturated heterocycles. The van der Waals surface area contributed by atoms with Gasteiger partial charge in [0, 0.05) is 30.0 Å². The summed E-state index contributed by atoms with van der Waals surface area (Å²) in [6.45, 7) is 3.52. The molecule has 1 fully saturated rings.